The molecule has 1 aromatic rings. The highest BCUT2D eigenvalue weighted by Gasteiger charge is 1.92. The van der Waals surface area contributed by atoms with Gasteiger partial charge in [0.1, 0.15) is 12.4 Å². The fourth-order valence-electron chi connectivity index (χ4n) is 0.693. The van der Waals surface area contributed by atoms with Crippen LogP contribution in [0, 0.1) is 4.91 Å². The topological polar surface area (TPSA) is 58.9 Å². The molecule has 0 aliphatic carbocycles. The van der Waals surface area contributed by atoms with Crippen molar-refractivity contribution in [3.63, 3.8) is 0 Å². The molecular formula is C7H7NO3. The summed E-state index contributed by atoms with van der Waals surface area (Å²) >= 11 is 0. The summed E-state index contributed by atoms with van der Waals surface area (Å²) < 4.78 is 0. The van der Waals surface area contributed by atoms with E-state index in [0.717, 1.165) is 5.56 Å². The van der Waals surface area contributed by atoms with Gasteiger partial charge >= 0.3 is 0 Å². The van der Waals surface area contributed by atoms with Crippen molar-refractivity contribution in [1.29, 1.82) is 0 Å². The smallest absolute Gasteiger partial charge is 0.155 e. The first-order valence-corrected chi connectivity index (χ1v) is 3.05. The lowest BCUT2D eigenvalue weighted by atomic mass is 10.2. The van der Waals surface area contributed by atoms with E-state index in [9.17, 15) is 4.91 Å². The van der Waals surface area contributed by atoms with E-state index < -0.39 is 0 Å². The second kappa shape index (κ2) is 3.55. The van der Waals surface area contributed by atoms with Crippen LogP contribution in [-0.4, -0.2) is 5.11 Å². The number of hydrogen-bond donors (Lipinski definition) is 1. The van der Waals surface area contributed by atoms with E-state index in [1.807, 2.05) is 0 Å². The summed E-state index contributed by atoms with van der Waals surface area (Å²) in [5.41, 5.74) is 0.794. The predicted octanol–water partition coefficient (Wildman–Crippen LogP) is 1.59. The Bertz CT molecular complexity index is 232. The van der Waals surface area contributed by atoms with Gasteiger partial charge in [0.25, 0.3) is 0 Å². The standard InChI is InChI=1S/C7H7NO3/c9-7-3-1-6(2-4-7)5-11-8-10/h1-4,9H,5H2. The van der Waals surface area contributed by atoms with Gasteiger partial charge in [-0.25, -0.2) is 0 Å². The van der Waals surface area contributed by atoms with Crippen molar-refractivity contribution in [2.75, 3.05) is 0 Å². The van der Waals surface area contributed by atoms with Crippen LogP contribution >= 0.6 is 0 Å². The van der Waals surface area contributed by atoms with E-state index in [-0.39, 0.29) is 12.4 Å². The Labute approximate surface area is 63.4 Å². The molecule has 4 nitrogen and oxygen atoms in total. The van der Waals surface area contributed by atoms with Crippen molar-refractivity contribution in [2.24, 2.45) is 5.34 Å². The molecule has 11 heavy (non-hydrogen) atoms. The average molecular weight is 153 g/mol. The predicted molar refractivity (Wildman–Crippen MR) is 38.7 cm³/mol. The molecular weight excluding hydrogens is 146 g/mol. The van der Waals surface area contributed by atoms with Crippen LogP contribution in [0.15, 0.2) is 29.6 Å². The van der Waals surface area contributed by atoms with Crippen molar-refractivity contribution >= 4 is 0 Å². The number of phenols is 1. The van der Waals surface area contributed by atoms with Gasteiger partial charge in [0.2, 0.25) is 0 Å². The highest BCUT2D eigenvalue weighted by Crippen LogP contribution is 2.09. The van der Waals surface area contributed by atoms with E-state index in [1.165, 1.54) is 12.1 Å². The van der Waals surface area contributed by atoms with Crippen LogP contribution in [0.4, 0.5) is 0 Å². The Hall–Kier alpha value is -1.58. The number of benzene rings is 1. The minimum atomic E-state index is 0.143. The first-order chi connectivity index (χ1) is 5.33. The van der Waals surface area contributed by atoms with Gasteiger partial charge in [0.15, 0.2) is 5.34 Å². The summed E-state index contributed by atoms with van der Waals surface area (Å²) in [5, 5.41) is 11.1. The van der Waals surface area contributed by atoms with Crippen LogP contribution in [0.2, 0.25) is 0 Å². The summed E-state index contributed by atoms with van der Waals surface area (Å²) in [7, 11) is 0. The van der Waals surface area contributed by atoms with Crippen LogP contribution in [0.25, 0.3) is 0 Å². The van der Waals surface area contributed by atoms with Crippen molar-refractivity contribution < 1.29 is 9.94 Å². The zero-order valence-electron chi connectivity index (χ0n) is 5.73. The van der Waals surface area contributed by atoms with Crippen molar-refractivity contribution in [3.05, 3.63) is 34.7 Å². The first-order valence-electron chi connectivity index (χ1n) is 3.05. The minimum absolute atomic E-state index is 0.143. The third-order valence-electron chi connectivity index (χ3n) is 1.22. The fraction of sp³-hybridized carbons (Fsp3) is 0.143. The second-order valence-electron chi connectivity index (χ2n) is 2.01. The van der Waals surface area contributed by atoms with Crippen molar-refractivity contribution in [2.45, 2.75) is 6.61 Å². The second-order valence-corrected chi connectivity index (χ2v) is 2.01. The Morgan fingerprint density at radius 2 is 2.00 bits per heavy atom. The molecule has 58 valence electrons. The van der Waals surface area contributed by atoms with Gasteiger partial charge < -0.3 is 9.94 Å². The van der Waals surface area contributed by atoms with Gasteiger partial charge in [-0.3, -0.25) is 0 Å². The number of phenolic OH excluding ortho intramolecular Hbond substituents is 1. The molecule has 1 N–H and O–H groups in total. The molecule has 0 heterocycles. The van der Waals surface area contributed by atoms with Crippen molar-refractivity contribution in [1.82, 2.24) is 0 Å². The molecule has 0 atom stereocenters. The van der Waals surface area contributed by atoms with Gasteiger partial charge in [0.05, 0.1) is 0 Å². The van der Waals surface area contributed by atoms with Gasteiger partial charge in [-0.2, -0.15) is 0 Å². The lowest BCUT2D eigenvalue weighted by Crippen LogP contribution is -1.84. The molecule has 0 bridgehead atoms. The quantitative estimate of drug-likeness (QED) is 0.529. The highest BCUT2D eigenvalue weighted by molar-refractivity contribution is 5.25. The van der Waals surface area contributed by atoms with E-state index in [1.54, 1.807) is 12.1 Å². The molecule has 0 saturated heterocycles. The molecule has 0 aromatic heterocycles. The molecule has 0 saturated carbocycles. The van der Waals surface area contributed by atoms with Gasteiger partial charge in [0, 0.05) is 0 Å². The number of hydrogen-bond acceptors (Lipinski definition) is 4. The van der Waals surface area contributed by atoms with Gasteiger partial charge in [-0.05, 0) is 17.7 Å². The molecule has 0 fully saturated rings. The summed E-state index contributed by atoms with van der Waals surface area (Å²) in [5.74, 6) is 0.188. The molecule has 1 rings (SSSR count). The zero-order chi connectivity index (χ0) is 8.10. The number of aromatic hydroxyl groups is 1. The van der Waals surface area contributed by atoms with Crippen LogP contribution in [0.1, 0.15) is 5.56 Å². The van der Waals surface area contributed by atoms with Crippen LogP contribution < -0.4 is 0 Å². The van der Waals surface area contributed by atoms with Crippen LogP contribution in [0.3, 0.4) is 0 Å². The molecule has 0 radical (unpaired) electrons. The maximum Gasteiger partial charge on any atom is 0.155 e. The number of nitrogens with zero attached hydrogens (tertiary/aromatic N) is 1. The Balaban J connectivity index is 2.58. The minimum Gasteiger partial charge on any atom is -0.508 e. The summed E-state index contributed by atoms with van der Waals surface area (Å²) in [6, 6.07) is 6.34. The van der Waals surface area contributed by atoms with E-state index in [0.29, 0.717) is 0 Å². The first kappa shape index (κ1) is 7.53. The molecule has 0 amide bonds. The maximum atomic E-state index is 9.52. The van der Waals surface area contributed by atoms with Crippen LogP contribution in [-0.2, 0) is 11.4 Å². The largest absolute Gasteiger partial charge is 0.508 e. The molecule has 0 spiro atoms. The van der Waals surface area contributed by atoms with E-state index in [4.69, 9.17) is 5.11 Å². The fourth-order valence-corrected chi connectivity index (χ4v) is 0.693. The SMILES string of the molecule is O=NOCc1ccc(O)cc1. The average Bonchev–Trinajstić information content (AvgIpc) is 2.04. The summed E-state index contributed by atoms with van der Waals surface area (Å²) in [6.07, 6.45) is 0. The summed E-state index contributed by atoms with van der Waals surface area (Å²) in [4.78, 5) is 13.8. The van der Waals surface area contributed by atoms with Gasteiger partial charge in [-0.15, -0.1) is 4.91 Å². The summed E-state index contributed by atoms with van der Waals surface area (Å²) in [6.45, 7) is 0.143. The van der Waals surface area contributed by atoms with E-state index in [2.05, 4.69) is 10.2 Å². The van der Waals surface area contributed by atoms with Crippen molar-refractivity contribution in [3.8, 4) is 5.75 Å². The lowest BCUT2D eigenvalue weighted by molar-refractivity contribution is 0.126. The lowest BCUT2D eigenvalue weighted by Gasteiger charge is -1.96. The Morgan fingerprint density at radius 1 is 1.36 bits per heavy atom. The third kappa shape index (κ3) is 2.25. The molecule has 0 aliphatic rings. The maximum absolute atomic E-state index is 9.52. The highest BCUT2D eigenvalue weighted by atomic mass is 16.7. The molecule has 1 aromatic carbocycles. The molecule has 4 heteroatoms. The Morgan fingerprint density at radius 3 is 2.55 bits per heavy atom. The Kier molecular flexibility index (Phi) is 2.43. The molecule has 0 unspecified atom stereocenters. The van der Waals surface area contributed by atoms with Crippen LogP contribution in [0.5, 0.6) is 5.75 Å². The van der Waals surface area contributed by atoms with Gasteiger partial charge in [-0.1, -0.05) is 12.1 Å². The van der Waals surface area contributed by atoms with E-state index >= 15 is 0 Å². The molecule has 0 aliphatic heterocycles. The monoisotopic (exact) mass is 153 g/mol. The zero-order valence-corrected chi connectivity index (χ0v) is 5.73. The third-order valence-corrected chi connectivity index (χ3v) is 1.22. The normalized spacial score (nSPS) is 9.09. The number of rotatable bonds is 3.